The van der Waals surface area contributed by atoms with Crippen molar-refractivity contribution in [1.82, 2.24) is 4.90 Å². The van der Waals surface area contributed by atoms with Crippen molar-refractivity contribution < 1.29 is 9.59 Å². The molecule has 0 fully saturated rings. The Hall–Kier alpha value is -1.03. The molecule has 0 bridgehead atoms. The van der Waals surface area contributed by atoms with Crippen molar-refractivity contribution in [3.63, 3.8) is 0 Å². The van der Waals surface area contributed by atoms with E-state index in [0.717, 1.165) is 77.3 Å². The zero-order valence-corrected chi connectivity index (χ0v) is 13.6. The third-order valence-corrected chi connectivity index (χ3v) is 3.62. The molecule has 0 saturated heterocycles. The number of Topliss-reactive ketones (excluding diaryl/α,β-unsaturated/α-hetero) is 1. The molecule has 0 aromatic heterocycles. The summed E-state index contributed by atoms with van der Waals surface area (Å²) in [5, 5.41) is 7.09. The van der Waals surface area contributed by atoms with Gasteiger partial charge in [0.15, 0.2) is 0 Å². The van der Waals surface area contributed by atoms with Crippen LogP contribution in [0.5, 0.6) is 0 Å². The first-order valence-electron chi connectivity index (χ1n) is 8.35. The van der Waals surface area contributed by atoms with Gasteiger partial charge in [0.05, 0.1) is 0 Å². The molecule has 0 amide bonds. The van der Waals surface area contributed by atoms with Crippen LogP contribution in [-0.2, 0) is 9.59 Å². The summed E-state index contributed by atoms with van der Waals surface area (Å²) in [6.07, 6.45) is 12.3. The monoisotopic (exact) mass is 296 g/mol. The molecular formula is C17H32N2O2. The Morgan fingerprint density at radius 1 is 0.905 bits per heavy atom. The van der Waals surface area contributed by atoms with E-state index in [2.05, 4.69) is 4.90 Å². The van der Waals surface area contributed by atoms with Crippen LogP contribution in [0.4, 0.5) is 0 Å². The highest BCUT2D eigenvalue weighted by Gasteiger charge is 2.04. The van der Waals surface area contributed by atoms with E-state index in [0.29, 0.717) is 12.8 Å². The fourth-order valence-corrected chi connectivity index (χ4v) is 2.38. The Labute approximate surface area is 129 Å². The van der Waals surface area contributed by atoms with Crippen LogP contribution in [-0.4, -0.2) is 42.8 Å². The van der Waals surface area contributed by atoms with E-state index in [-0.39, 0.29) is 5.78 Å². The van der Waals surface area contributed by atoms with Crippen LogP contribution in [0.15, 0.2) is 0 Å². The topological polar surface area (TPSA) is 61.2 Å². The van der Waals surface area contributed by atoms with Crippen molar-refractivity contribution in [1.29, 1.82) is 5.41 Å². The quantitative estimate of drug-likeness (QED) is 0.269. The summed E-state index contributed by atoms with van der Waals surface area (Å²) in [4.78, 5) is 23.6. The van der Waals surface area contributed by atoms with Crippen molar-refractivity contribution in [2.75, 3.05) is 19.6 Å². The molecule has 0 atom stereocenters. The Kier molecular flexibility index (Phi) is 14.6. The second-order valence-corrected chi connectivity index (χ2v) is 5.72. The highest BCUT2D eigenvalue weighted by atomic mass is 16.1. The fourth-order valence-electron chi connectivity index (χ4n) is 2.38. The van der Waals surface area contributed by atoms with Crippen LogP contribution in [0.1, 0.15) is 71.1 Å². The third-order valence-electron chi connectivity index (χ3n) is 3.62. The number of carbonyl (C=O) groups excluding carboxylic acids is 2. The molecule has 0 unspecified atom stereocenters. The first kappa shape index (κ1) is 20.0. The molecule has 1 N–H and O–H groups in total. The Morgan fingerprint density at radius 2 is 1.52 bits per heavy atom. The molecule has 0 aromatic carbocycles. The van der Waals surface area contributed by atoms with Gasteiger partial charge in [-0.25, -0.2) is 0 Å². The zero-order chi connectivity index (χ0) is 15.8. The van der Waals surface area contributed by atoms with E-state index in [1.807, 2.05) is 0 Å². The molecule has 4 nitrogen and oxygen atoms in total. The first-order valence-corrected chi connectivity index (χ1v) is 8.35. The summed E-state index contributed by atoms with van der Waals surface area (Å²) in [5.41, 5.74) is 0. The lowest BCUT2D eigenvalue weighted by molar-refractivity contribution is -0.117. The maximum absolute atomic E-state index is 10.9. The lowest BCUT2D eigenvalue weighted by Gasteiger charge is -2.22. The largest absolute Gasteiger partial charge is 0.313 e. The van der Waals surface area contributed by atoms with Crippen LogP contribution < -0.4 is 0 Å². The minimum atomic E-state index is 0.285. The van der Waals surface area contributed by atoms with Gasteiger partial charge in [-0.1, -0.05) is 12.8 Å². The van der Waals surface area contributed by atoms with Gasteiger partial charge in [-0.05, 0) is 71.3 Å². The molecule has 122 valence electrons. The number of carbonyl (C=O) groups is 2. The van der Waals surface area contributed by atoms with Crippen LogP contribution in [0, 0.1) is 5.41 Å². The predicted molar refractivity (Wildman–Crippen MR) is 88.1 cm³/mol. The van der Waals surface area contributed by atoms with Gasteiger partial charge in [0, 0.05) is 12.8 Å². The summed E-state index contributed by atoms with van der Waals surface area (Å²) in [7, 11) is 0. The Bertz CT molecular complexity index is 280. The predicted octanol–water partition coefficient (Wildman–Crippen LogP) is 3.63. The van der Waals surface area contributed by atoms with E-state index < -0.39 is 0 Å². The summed E-state index contributed by atoms with van der Waals surface area (Å²) < 4.78 is 0. The van der Waals surface area contributed by atoms with Gasteiger partial charge >= 0.3 is 0 Å². The average Bonchev–Trinajstić information content (AvgIpc) is 2.45. The molecule has 0 spiro atoms. The van der Waals surface area contributed by atoms with Crippen LogP contribution in [0.25, 0.3) is 0 Å². The number of hydrogen-bond acceptors (Lipinski definition) is 4. The molecule has 0 radical (unpaired) electrons. The number of nitrogens with one attached hydrogen (secondary N) is 1. The van der Waals surface area contributed by atoms with Gasteiger partial charge < -0.3 is 19.9 Å². The number of aldehydes is 1. The summed E-state index contributed by atoms with van der Waals surface area (Å²) in [5.74, 6) is 0.285. The molecule has 0 aliphatic heterocycles. The summed E-state index contributed by atoms with van der Waals surface area (Å²) in [6.45, 7) is 4.88. The van der Waals surface area contributed by atoms with Crippen molar-refractivity contribution in [2.24, 2.45) is 0 Å². The molecule has 0 aliphatic rings. The second-order valence-electron chi connectivity index (χ2n) is 5.72. The van der Waals surface area contributed by atoms with Crippen LogP contribution in [0.2, 0.25) is 0 Å². The molecule has 0 heterocycles. The van der Waals surface area contributed by atoms with Crippen molar-refractivity contribution in [2.45, 2.75) is 71.1 Å². The highest BCUT2D eigenvalue weighted by Crippen LogP contribution is 2.06. The first-order chi connectivity index (χ1) is 10.2. The van der Waals surface area contributed by atoms with E-state index in [4.69, 9.17) is 5.41 Å². The maximum atomic E-state index is 10.9. The lowest BCUT2D eigenvalue weighted by Crippen LogP contribution is -2.27. The van der Waals surface area contributed by atoms with Crippen LogP contribution >= 0.6 is 0 Å². The standard InChI is InChI=1S/C17H32N2O2/c1-17(21)11-5-4-8-14-19(15-9-6-12-18)13-7-2-3-10-16-20/h12,16,18H,2-11,13-15H2,1H3. The fraction of sp³-hybridized carbons (Fsp3) is 0.824. The molecule has 4 heteroatoms. The minimum Gasteiger partial charge on any atom is -0.313 e. The maximum Gasteiger partial charge on any atom is 0.129 e. The number of nitrogens with zero attached hydrogens (tertiary/aromatic N) is 1. The van der Waals surface area contributed by atoms with Gasteiger partial charge in [-0.3, -0.25) is 0 Å². The van der Waals surface area contributed by atoms with E-state index in [1.165, 1.54) is 6.21 Å². The lowest BCUT2D eigenvalue weighted by atomic mass is 10.1. The molecule has 0 aliphatic carbocycles. The number of hydrogen-bond donors (Lipinski definition) is 1. The molecule has 0 aromatic rings. The normalized spacial score (nSPS) is 10.8. The van der Waals surface area contributed by atoms with Gasteiger partial charge in [0.25, 0.3) is 0 Å². The van der Waals surface area contributed by atoms with Crippen molar-refractivity contribution >= 4 is 18.3 Å². The summed E-state index contributed by atoms with van der Waals surface area (Å²) in [6, 6.07) is 0. The van der Waals surface area contributed by atoms with E-state index in [9.17, 15) is 9.59 Å². The molecule has 0 rings (SSSR count). The number of unbranched alkanes of at least 4 members (excludes halogenated alkanes) is 6. The van der Waals surface area contributed by atoms with E-state index >= 15 is 0 Å². The second kappa shape index (κ2) is 15.4. The molecule has 0 saturated carbocycles. The van der Waals surface area contributed by atoms with Gasteiger partial charge in [-0.2, -0.15) is 0 Å². The Balaban J connectivity index is 3.76. The Morgan fingerprint density at radius 3 is 2.10 bits per heavy atom. The number of rotatable bonds is 16. The van der Waals surface area contributed by atoms with Crippen LogP contribution in [0.3, 0.4) is 0 Å². The smallest absolute Gasteiger partial charge is 0.129 e. The van der Waals surface area contributed by atoms with E-state index in [1.54, 1.807) is 6.92 Å². The van der Waals surface area contributed by atoms with Crippen molar-refractivity contribution in [3.05, 3.63) is 0 Å². The average molecular weight is 296 g/mol. The zero-order valence-electron chi connectivity index (χ0n) is 13.6. The third kappa shape index (κ3) is 15.2. The SMILES string of the molecule is CC(=O)CCCCCN(CCCC=N)CCCCCC=O. The molecular weight excluding hydrogens is 264 g/mol. The van der Waals surface area contributed by atoms with Gasteiger partial charge in [0.2, 0.25) is 0 Å². The van der Waals surface area contributed by atoms with Crippen molar-refractivity contribution in [3.8, 4) is 0 Å². The number of ketones is 1. The summed E-state index contributed by atoms with van der Waals surface area (Å²) >= 11 is 0. The van der Waals surface area contributed by atoms with Gasteiger partial charge in [0.1, 0.15) is 12.1 Å². The van der Waals surface area contributed by atoms with Gasteiger partial charge in [-0.15, -0.1) is 0 Å². The minimum absolute atomic E-state index is 0.285. The molecule has 21 heavy (non-hydrogen) atoms. The highest BCUT2D eigenvalue weighted by molar-refractivity contribution is 5.75.